The molecular formula is C27H33N3O4. The van der Waals surface area contributed by atoms with Gasteiger partial charge in [0.2, 0.25) is 5.91 Å². The number of ether oxygens (including phenoxy) is 1. The van der Waals surface area contributed by atoms with Gasteiger partial charge in [-0.15, -0.1) is 0 Å². The Hall–Kier alpha value is -3.22. The zero-order valence-corrected chi connectivity index (χ0v) is 20.0. The smallest absolute Gasteiger partial charge is 0.271 e. The number of amides is 2. The Morgan fingerprint density at radius 2 is 1.88 bits per heavy atom. The molecule has 2 amide bonds. The van der Waals surface area contributed by atoms with Crippen molar-refractivity contribution in [1.29, 1.82) is 0 Å². The minimum atomic E-state index is -1.06. The van der Waals surface area contributed by atoms with Crippen LogP contribution in [0.2, 0.25) is 0 Å². The third kappa shape index (κ3) is 3.97. The van der Waals surface area contributed by atoms with Gasteiger partial charge in [0, 0.05) is 23.7 Å². The van der Waals surface area contributed by atoms with Crippen molar-refractivity contribution in [2.45, 2.75) is 76.5 Å². The summed E-state index contributed by atoms with van der Waals surface area (Å²) in [5, 5.41) is 3.33. The summed E-state index contributed by atoms with van der Waals surface area (Å²) in [6.07, 6.45) is 9.56. The van der Waals surface area contributed by atoms with E-state index in [2.05, 4.69) is 5.32 Å². The molecule has 0 spiro atoms. The number of methoxy groups -OCH3 is 1. The van der Waals surface area contributed by atoms with E-state index >= 15 is 0 Å². The van der Waals surface area contributed by atoms with Crippen LogP contribution in [0.25, 0.3) is 11.1 Å². The van der Waals surface area contributed by atoms with Gasteiger partial charge in [0.15, 0.2) is 5.58 Å². The van der Waals surface area contributed by atoms with Crippen LogP contribution < -0.4 is 10.1 Å². The molecular weight excluding hydrogens is 430 g/mol. The molecule has 34 heavy (non-hydrogen) atoms. The molecule has 0 radical (unpaired) electrons. The summed E-state index contributed by atoms with van der Waals surface area (Å²) in [6.45, 7) is 2.53. The first-order valence-corrected chi connectivity index (χ1v) is 12.3. The fourth-order valence-electron chi connectivity index (χ4n) is 5.47. The number of carbonyl (C=O) groups excluding carboxylic acids is 2. The van der Waals surface area contributed by atoms with E-state index in [-0.39, 0.29) is 24.4 Å². The number of hydrogen-bond acceptors (Lipinski definition) is 4. The van der Waals surface area contributed by atoms with E-state index in [0.717, 1.165) is 36.8 Å². The number of aromatic nitrogens is 1. The third-order valence-corrected chi connectivity index (χ3v) is 7.50. The molecule has 1 saturated carbocycles. The fraction of sp³-hybridized carbons (Fsp3) is 0.481. The van der Waals surface area contributed by atoms with E-state index in [0.29, 0.717) is 23.6 Å². The lowest BCUT2D eigenvalue weighted by Gasteiger charge is -2.44. The van der Waals surface area contributed by atoms with Crippen LogP contribution in [0, 0.1) is 0 Å². The average molecular weight is 464 g/mol. The van der Waals surface area contributed by atoms with Crippen molar-refractivity contribution in [1.82, 2.24) is 14.8 Å². The number of hydrogen-bond donors (Lipinski definition) is 1. The Labute approximate surface area is 200 Å². The number of nitrogens with one attached hydrogen (secondary N) is 1. The molecule has 7 nitrogen and oxygen atoms in total. The summed E-state index contributed by atoms with van der Waals surface area (Å²) in [6, 6.07) is 11.4. The van der Waals surface area contributed by atoms with Crippen molar-refractivity contribution >= 4 is 22.9 Å². The highest BCUT2D eigenvalue weighted by Gasteiger charge is 2.48. The molecule has 1 aliphatic heterocycles. The van der Waals surface area contributed by atoms with Crippen LogP contribution in [0.4, 0.5) is 0 Å². The Morgan fingerprint density at radius 3 is 2.65 bits per heavy atom. The summed E-state index contributed by atoms with van der Waals surface area (Å²) in [5.74, 6) is 0.420. The molecule has 0 bridgehead atoms. The third-order valence-electron chi connectivity index (χ3n) is 7.50. The van der Waals surface area contributed by atoms with E-state index in [1.165, 1.54) is 19.3 Å². The Balaban J connectivity index is 1.51. The second-order valence-corrected chi connectivity index (χ2v) is 9.78. The second-order valence-electron chi connectivity index (χ2n) is 9.78. The molecule has 1 atom stereocenters. The quantitative estimate of drug-likeness (QED) is 0.585. The highest BCUT2D eigenvalue weighted by molar-refractivity contribution is 6.02. The summed E-state index contributed by atoms with van der Waals surface area (Å²) in [7, 11) is 1.62. The van der Waals surface area contributed by atoms with Crippen LogP contribution in [0.5, 0.6) is 5.75 Å². The number of para-hydroxylation sites is 1. The molecule has 1 N–H and O–H groups in total. The largest absolute Gasteiger partial charge is 0.496 e. The standard InChI is InChI=1S/C27H33N3O4/c1-27(26(32)28-20-11-6-4-3-5-7-12-20)18-29-21-14-15-34-24(21)16-22(29)25(31)30(27)17-19-10-8-9-13-23(19)33-2/h8-10,13-16,20H,3-7,11-12,17-18H2,1-2H3,(H,28,32). The molecule has 1 aliphatic carbocycles. The Kier molecular flexibility index (Phi) is 6.11. The molecule has 3 heterocycles. The lowest BCUT2D eigenvalue weighted by molar-refractivity contribution is -0.134. The normalized spacial score (nSPS) is 21.7. The topological polar surface area (TPSA) is 76.7 Å². The van der Waals surface area contributed by atoms with Gasteiger partial charge < -0.3 is 23.9 Å². The molecule has 1 aromatic carbocycles. The number of fused-ring (bicyclic) bond motifs is 3. The van der Waals surface area contributed by atoms with E-state index in [9.17, 15) is 9.59 Å². The summed E-state index contributed by atoms with van der Waals surface area (Å²) in [5.41, 5.74) is 1.85. The monoisotopic (exact) mass is 463 g/mol. The molecule has 1 fully saturated rings. The molecule has 5 rings (SSSR count). The van der Waals surface area contributed by atoms with Gasteiger partial charge in [-0.25, -0.2) is 0 Å². The van der Waals surface area contributed by atoms with Gasteiger partial charge in [0.25, 0.3) is 5.91 Å². The highest BCUT2D eigenvalue weighted by Crippen LogP contribution is 2.35. The van der Waals surface area contributed by atoms with Crippen LogP contribution in [0.3, 0.4) is 0 Å². The van der Waals surface area contributed by atoms with Crippen molar-refractivity contribution in [3.63, 3.8) is 0 Å². The van der Waals surface area contributed by atoms with E-state index in [4.69, 9.17) is 9.15 Å². The molecule has 1 unspecified atom stereocenters. The van der Waals surface area contributed by atoms with Gasteiger partial charge in [-0.2, -0.15) is 0 Å². The van der Waals surface area contributed by atoms with E-state index in [1.54, 1.807) is 24.3 Å². The molecule has 180 valence electrons. The maximum atomic E-state index is 13.9. The number of nitrogens with zero attached hydrogens (tertiary/aromatic N) is 2. The van der Waals surface area contributed by atoms with Gasteiger partial charge in [-0.05, 0) is 25.8 Å². The minimum absolute atomic E-state index is 0.0997. The molecule has 0 saturated heterocycles. The van der Waals surface area contributed by atoms with Crippen LogP contribution >= 0.6 is 0 Å². The first-order chi connectivity index (χ1) is 16.5. The SMILES string of the molecule is COc1ccccc1CN1C(=O)c2cc3occc3n2CC1(C)C(=O)NC1CCCCCCC1. The summed E-state index contributed by atoms with van der Waals surface area (Å²) >= 11 is 0. The lowest BCUT2D eigenvalue weighted by Crippen LogP contribution is -2.64. The molecule has 2 aliphatic rings. The first kappa shape index (κ1) is 22.6. The van der Waals surface area contributed by atoms with Crippen LogP contribution in [-0.2, 0) is 17.9 Å². The average Bonchev–Trinajstić information content (AvgIpc) is 3.41. The van der Waals surface area contributed by atoms with Crippen molar-refractivity contribution in [2.75, 3.05) is 7.11 Å². The molecule has 7 heteroatoms. The van der Waals surface area contributed by atoms with Crippen molar-refractivity contribution in [3.05, 3.63) is 53.9 Å². The molecule has 2 aromatic heterocycles. The second kappa shape index (κ2) is 9.20. The number of benzene rings is 1. The van der Waals surface area contributed by atoms with Gasteiger partial charge in [0.05, 0.1) is 32.0 Å². The Morgan fingerprint density at radius 1 is 1.15 bits per heavy atom. The number of rotatable bonds is 5. The van der Waals surface area contributed by atoms with Crippen molar-refractivity contribution in [3.8, 4) is 5.75 Å². The number of furan rings is 1. The summed E-state index contributed by atoms with van der Waals surface area (Å²) < 4.78 is 13.0. The maximum Gasteiger partial charge on any atom is 0.271 e. The summed E-state index contributed by atoms with van der Waals surface area (Å²) in [4.78, 5) is 29.5. The number of carbonyl (C=O) groups is 2. The zero-order valence-electron chi connectivity index (χ0n) is 20.0. The van der Waals surface area contributed by atoms with Gasteiger partial charge >= 0.3 is 0 Å². The minimum Gasteiger partial charge on any atom is -0.496 e. The highest BCUT2D eigenvalue weighted by atomic mass is 16.5. The van der Waals surface area contributed by atoms with Gasteiger partial charge in [0.1, 0.15) is 17.0 Å². The fourth-order valence-corrected chi connectivity index (χ4v) is 5.47. The van der Waals surface area contributed by atoms with Crippen LogP contribution in [0.1, 0.15) is 67.9 Å². The van der Waals surface area contributed by atoms with Crippen molar-refractivity contribution < 1.29 is 18.7 Å². The van der Waals surface area contributed by atoms with Crippen LogP contribution in [-0.4, -0.2) is 40.0 Å². The van der Waals surface area contributed by atoms with E-state index in [1.807, 2.05) is 41.8 Å². The lowest BCUT2D eigenvalue weighted by atomic mass is 9.91. The predicted molar refractivity (Wildman–Crippen MR) is 130 cm³/mol. The Bertz CT molecular complexity index is 1190. The predicted octanol–water partition coefficient (Wildman–Crippen LogP) is 4.89. The van der Waals surface area contributed by atoms with Crippen molar-refractivity contribution in [2.24, 2.45) is 0 Å². The van der Waals surface area contributed by atoms with Crippen LogP contribution in [0.15, 0.2) is 47.1 Å². The first-order valence-electron chi connectivity index (χ1n) is 12.3. The zero-order chi connectivity index (χ0) is 23.7. The van der Waals surface area contributed by atoms with E-state index < -0.39 is 5.54 Å². The molecule has 3 aromatic rings. The van der Waals surface area contributed by atoms with Gasteiger partial charge in [-0.1, -0.05) is 50.3 Å². The van der Waals surface area contributed by atoms with Gasteiger partial charge in [-0.3, -0.25) is 9.59 Å². The maximum absolute atomic E-state index is 13.9.